The molecular formula is C18H28O. The largest absolute Gasteiger partial charge is 0.295 e. The topological polar surface area (TPSA) is 17.1 Å². The van der Waals surface area contributed by atoms with Gasteiger partial charge >= 0.3 is 0 Å². The summed E-state index contributed by atoms with van der Waals surface area (Å²) in [4.78, 5) is 11.3. The van der Waals surface area contributed by atoms with Crippen molar-refractivity contribution in [2.45, 2.75) is 60.3 Å². The van der Waals surface area contributed by atoms with E-state index in [-0.39, 0.29) is 11.2 Å². The van der Waals surface area contributed by atoms with Crippen molar-refractivity contribution < 1.29 is 4.79 Å². The maximum atomic E-state index is 11.3. The number of allylic oxidation sites excluding steroid dienone is 4. The fourth-order valence-corrected chi connectivity index (χ4v) is 4.41. The van der Waals surface area contributed by atoms with E-state index >= 15 is 0 Å². The SMILES string of the molecule is CC(=O)/C=C/[C@@]1(C)[C@H](C)CC[C@@]2(C)C(C)=CCC[C@H]12. The van der Waals surface area contributed by atoms with Gasteiger partial charge in [-0.3, -0.25) is 4.79 Å². The summed E-state index contributed by atoms with van der Waals surface area (Å²) in [6, 6.07) is 0. The first-order valence-electron chi connectivity index (χ1n) is 7.68. The van der Waals surface area contributed by atoms with Gasteiger partial charge in [0.2, 0.25) is 0 Å². The molecular weight excluding hydrogens is 232 g/mol. The highest BCUT2D eigenvalue weighted by Gasteiger charge is 2.52. The number of ketones is 1. The first-order valence-corrected chi connectivity index (χ1v) is 7.68. The minimum absolute atomic E-state index is 0.161. The molecule has 0 aromatic rings. The van der Waals surface area contributed by atoms with E-state index in [9.17, 15) is 4.79 Å². The van der Waals surface area contributed by atoms with E-state index in [0.29, 0.717) is 17.3 Å². The molecule has 0 aromatic heterocycles. The quantitative estimate of drug-likeness (QED) is 0.508. The Hall–Kier alpha value is -0.850. The summed E-state index contributed by atoms with van der Waals surface area (Å²) < 4.78 is 0. The molecule has 106 valence electrons. The number of fused-ring (bicyclic) bond motifs is 1. The van der Waals surface area contributed by atoms with Gasteiger partial charge < -0.3 is 0 Å². The first-order chi connectivity index (χ1) is 8.80. The molecule has 0 aliphatic heterocycles. The lowest BCUT2D eigenvalue weighted by atomic mass is 9.48. The van der Waals surface area contributed by atoms with Crippen LogP contribution in [0, 0.1) is 22.7 Å². The summed E-state index contributed by atoms with van der Waals surface area (Å²) in [7, 11) is 0. The van der Waals surface area contributed by atoms with Crippen LogP contribution in [0.5, 0.6) is 0 Å². The number of hydrogen-bond donors (Lipinski definition) is 0. The maximum Gasteiger partial charge on any atom is 0.152 e. The Kier molecular flexibility index (Phi) is 3.77. The summed E-state index contributed by atoms with van der Waals surface area (Å²) in [5.41, 5.74) is 2.06. The number of rotatable bonds is 2. The van der Waals surface area contributed by atoms with Gasteiger partial charge in [-0.15, -0.1) is 0 Å². The molecule has 0 spiro atoms. The van der Waals surface area contributed by atoms with Crippen LogP contribution in [0.4, 0.5) is 0 Å². The number of carbonyl (C=O) groups is 1. The van der Waals surface area contributed by atoms with Crippen LogP contribution in [0.15, 0.2) is 23.8 Å². The van der Waals surface area contributed by atoms with Gasteiger partial charge in [-0.25, -0.2) is 0 Å². The summed E-state index contributed by atoms with van der Waals surface area (Å²) in [5, 5.41) is 0. The maximum absolute atomic E-state index is 11.3. The van der Waals surface area contributed by atoms with Crippen molar-refractivity contribution in [3.05, 3.63) is 23.8 Å². The molecule has 19 heavy (non-hydrogen) atoms. The third-order valence-corrected chi connectivity index (χ3v) is 6.16. The molecule has 1 nitrogen and oxygen atoms in total. The average molecular weight is 260 g/mol. The third kappa shape index (κ3) is 2.32. The molecule has 2 aliphatic carbocycles. The highest BCUT2D eigenvalue weighted by Crippen LogP contribution is 2.60. The average Bonchev–Trinajstić information content (AvgIpc) is 2.35. The van der Waals surface area contributed by atoms with E-state index < -0.39 is 0 Å². The molecule has 1 heteroatoms. The molecule has 4 atom stereocenters. The van der Waals surface area contributed by atoms with E-state index in [1.807, 2.05) is 0 Å². The van der Waals surface area contributed by atoms with Gasteiger partial charge in [0.15, 0.2) is 5.78 Å². The van der Waals surface area contributed by atoms with Crippen LogP contribution in [-0.2, 0) is 4.79 Å². The van der Waals surface area contributed by atoms with Gasteiger partial charge in [0.05, 0.1) is 0 Å². The molecule has 0 aromatic carbocycles. The Labute approximate surface area is 118 Å². The van der Waals surface area contributed by atoms with Crippen LogP contribution in [0.3, 0.4) is 0 Å². The Morgan fingerprint density at radius 2 is 2.05 bits per heavy atom. The Morgan fingerprint density at radius 3 is 2.68 bits per heavy atom. The van der Waals surface area contributed by atoms with Crippen LogP contribution >= 0.6 is 0 Å². The monoisotopic (exact) mass is 260 g/mol. The van der Waals surface area contributed by atoms with Crippen LogP contribution in [-0.4, -0.2) is 5.78 Å². The summed E-state index contributed by atoms with van der Waals surface area (Å²) in [5.74, 6) is 1.50. The van der Waals surface area contributed by atoms with Crippen LogP contribution in [0.1, 0.15) is 60.3 Å². The molecule has 0 unspecified atom stereocenters. The van der Waals surface area contributed by atoms with Crippen LogP contribution in [0.25, 0.3) is 0 Å². The molecule has 0 saturated heterocycles. The van der Waals surface area contributed by atoms with Gasteiger partial charge in [-0.1, -0.05) is 38.5 Å². The zero-order valence-electron chi connectivity index (χ0n) is 13.1. The molecule has 0 heterocycles. The summed E-state index contributed by atoms with van der Waals surface area (Å²) in [6.45, 7) is 11.1. The third-order valence-electron chi connectivity index (χ3n) is 6.16. The van der Waals surface area contributed by atoms with Crippen molar-refractivity contribution in [1.82, 2.24) is 0 Å². The highest BCUT2D eigenvalue weighted by molar-refractivity contribution is 5.87. The fraction of sp³-hybridized carbons (Fsp3) is 0.722. The normalized spacial score (nSPS) is 42.9. The fourth-order valence-electron chi connectivity index (χ4n) is 4.41. The second-order valence-corrected chi connectivity index (χ2v) is 7.18. The second kappa shape index (κ2) is 4.92. The minimum atomic E-state index is 0.161. The zero-order chi connectivity index (χ0) is 14.3. The Morgan fingerprint density at radius 1 is 1.37 bits per heavy atom. The zero-order valence-corrected chi connectivity index (χ0v) is 13.1. The molecule has 2 rings (SSSR count). The molecule has 0 bridgehead atoms. The van der Waals surface area contributed by atoms with E-state index in [1.54, 1.807) is 18.6 Å². The molecule has 0 amide bonds. The second-order valence-electron chi connectivity index (χ2n) is 7.18. The van der Waals surface area contributed by atoms with E-state index in [0.717, 1.165) is 0 Å². The van der Waals surface area contributed by atoms with Gasteiger partial charge in [-0.05, 0) is 68.3 Å². The van der Waals surface area contributed by atoms with E-state index in [1.165, 1.54) is 25.7 Å². The summed E-state index contributed by atoms with van der Waals surface area (Å²) >= 11 is 0. The lowest BCUT2D eigenvalue weighted by molar-refractivity contribution is -0.112. The van der Waals surface area contributed by atoms with Gasteiger partial charge in [-0.2, -0.15) is 0 Å². The van der Waals surface area contributed by atoms with Crippen molar-refractivity contribution in [2.24, 2.45) is 22.7 Å². The predicted molar refractivity (Wildman–Crippen MR) is 80.9 cm³/mol. The van der Waals surface area contributed by atoms with Crippen LogP contribution in [0.2, 0.25) is 0 Å². The lowest BCUT2D eigenvalue weighted by Crippen LogP contribution is -2.48. The standard InChI is InChI=1S/C18H28O/c1-13-7-6-8-16-17(13,4)11-9-14(2)18(16,5)12-10-15(3)19/h7,10,12,14,16H,6,8-9,11H2,1-5H3/b12-10+/t14-,16+,17+,18+/m1/s1. The van der Waals surface area contributed by atoms with E-state index in [4.69, 9.17) is 0 Å². The van der Waals surface area contributed by atoms with Crippen molar-refractivity contribution in [3.63, 3.8) is 0 Å². The Bertz CT molecular complexity index is 431. The van der Waals surface area contributed by atoms with Gasteiger partial charge in [0.25, 0.3) is 0 Å². The molecule has 1 saturated carbocycles. The smallest absolute Gasteiger partial charge is 0.152 e. The molecule has 1 fully saturated rings. The Balaban J connectivity index is 2.41. The molecule has 2 aliphatic rings. The molecule has 0 radical (unpaired) electrons. The summed E-state index contributed by atoms with van der Waals surface area (Å²) in [6.07, 6.45) is 11.5. The number of carbonyl (C=O) groups excluding carboxylic acids is 1. The van der Waals surface area contributed by atoms with Gasteiger partial charge in [0.1, 0.15) is 0 Å². The highest BCUT2D eigenvalue weighted by atomic mass is 16.1. The number of hydrogen-bond acceptors (Lipinski definition) is 1. The van der Waals surface area contributed by atoms with E-state index in [2.05, 4.69) is 39.8 Å². The minimum Gasteiger partial charge on any atom is -0.295 e. The van der Waals surface area contributed by atoms with Crippen LogP contribution < -0.4 is 0 Å². The first kappa shape index (κ1) is 14.6. The van der Waals surface area contributed by atoms with Crippen molar-refractivity contribution in [3.8, 4) is 0 Å². The van der Waals surface area contributed by atoms with Crippen molar-refractivity contribution in [1.29, 1.82) is 0 Å². The van der Waals surface area contributed by atoms with Crippen molar-refractivity contribution >= 4 is 5.78 Å². The molecule has 0 N–H and O–H groups in total. The van der Waals surface area contributed by atoms with Gasteiger partial charge in [0, 0.05) is 0 Å². The predicted octanol–water partition coefficient (Wildman–Crippen LogP) is 4.93. The lowest BCUT2D eigenvalue weighted by Gasteiger charge is -2.56. The van der Waals surface area contributed by atoms with Crippen molar-refractivity contribution in [2.75, 3.05) is 0 Å².